The second kappa shape index (κ2) is 17.4. The molecule has 2 amide bonds. The van der Waals surface area contributed by atoms with Crippen LogP contribution in [0.3, 0.4) is 0 Å². The Bertz CT molecular complexity index is 355. The monoisotopic (exact) mass is 355 g/mol. The zero-order chi connectivity index (χ0) is 18.8. The minimum absolute atomic E-state index is 0.148. The van der Waals surface area contributed by atoms with Gasteiger partial charge in [0.15, 0.2) is 0 Å². The van der Waals surface area contributed by atoms with Crippen LogP contribution in [0.15, 0.2) is 0 Å². The van der Waals surface area contributed by atoms with Crippen LogP contribution in [-0.2, 0) is 14.4 Å². The lowest BCUT2D eigenvalue weighted by Gasteiger charge is -2.02. The Labute approximate surface area is 153 Å². The first kappa shape index (κ1) is 23.6. The van der Waals surface area contributed by atoms with Crippen LogP contribution < -0.4 is 5.32 Å². The largest absolute Gasteiger partial charge is 0.481 e. The second-order valence-electron chi connectivity index (χ2n) is 6.86. The Morgan fingerprint density at radius 1 is 0.760 bits per heavy atom. The van der Waals surface area contributed by atoms with Crippen molar-refractivity contribution in [3.63, 3.8) is 0 Å². The number of hydrogen-bond donors (Lipinski definition) is 2. The van der Waals surface area contributed by atoms with Crippen molar-refractivity contribution >= 4 is 17.8 Å². The predicted octanol–water partition coefficient (Wildman–Crippen LogP) is 4.98. The van der Waals surface area contributed by atoms with Crippen molar-refractivity contribution in [2.24, 2.45) is 0 Å². The van der Waals surface area contributed by atoms with Crippen molar-refractivity contribution in [3.8, 4) is 0 Å². The molecule has 2 N–H and O–H groups in total. The maximum atomic E-state index is 10.3. The fourth-order valence-electron chi connectivity index (χ4n) is 2.80. The fraction of sp³-hybridized carbons (Fsp3) is 0.850. The van der Waals surface area contributed by atoms with E-state index < -0.39 is 5.97 Å². The molecule has 0 aromatic heterocycles. The van der Waals surface area contributed by atoms with E-state index in [9.17, 15) is 14.4 Å². The van der Waals surface area contributed by atoms with Gasteiger partial charge in [0.25, 0.3) is 0 Å². The molecule has 1 aliphatic heterocycles. The van der Waals surface area contributed by atoms with Gasteiger partial charge in [-0.05, 0) is 6.42 Å². The average Bonchev–Trinajstić information content (AvgIpc) is 2.95. The highest BCUT2D eigenvalue weighted by Crippen LogP contribution is 2.12. The summed E-state index contributed by atoms with van der Waals surface area (Å²) in [5, 5.41) is 10.6. The third-order valence-electron chi connectivity index (χ3n) is 4.35. The lowest BCUT2D eigenvalue weighted by atomic mass is 10.0. The lowest BCUT2D eigenvalue weighted by molar-refractivity contribution is -0.137. The van der Waals surface area contributed by atoms with Gasteiger partial charge >= 0.3 is 5.97 Å². The Hall–Kier alpha value is -1.39. The number of carbonyl (C=O) groups excluding carboxylic acids is 2. The van der Waals surface area contributed by atoms with Crippen LogP contribution in [0.4, 0.5) is 0 Å². The van der Waals surface area contributed by atoms with E-state index in [2.05, 4.69) is 12.2 Å². The van der Waals surface area contributed by atoms with Crippen molar-refractivity contribution in [2.45, 2.75) is 110 Å². The van der Waals surface area contributed by atoms with Gasteiger partial charge in [-0.25, -0.2) is 0 Å². The summed E-state index contributed by atoms with van der Waals surface area (Å²) in [6, 6.07) is 0. The van der Waals surface area contributed by atoms with Crippen LogP contribution in [0.1, 0.15) is 110 Å². The maximum absolute atomic E-state index is 10.3. The Morgan fingerprint density at radius 2 is 1.12 bits per heavy atom. The Balaban J connectivity index is 0.000000676. The number of imide groups is 1. The van der Waals surface area contributed by atoms with Gasteiger partial charge in [-0.1, -0.05) is 84.0 Å². The van der Waals surface area contributed by atoms with Crippen LogP contribution in [-0.4, -0.2) is 22.9 Å². The first-order valence-corrected chi connectivity index (χ1v) is 10.1. The minimum atomic E-state index is -0.655. The molecular weight excluding hydrogens is 318 g/mol. The molecule has 0 atom stereocenters. The smallest absolute Gasteiger partial charge is 0.303 e. The van der Waals surface area contributed by atoms with Gasteiger partial charge in [0.2, 0.25) is 11.8 Å². The number of aliphatic carboxylic acids is 1. The molecule has 1 fully saturated rings. The summed E-state index contributed by atoms with van der Waals surface area (Å²) >= 11 is 0. The molecule has 0 bridgehead atoms. The third-order valence-corrected chi connectivity index (χ3v) is 4.35. The summed E-state index contributed by atoms with van der Waals surface area (Å²) in [6.07, 6.45) is 18.0. The SMILES string of the molecule is CCCCCCCCCCCCCCCC(=O)O.O=C1CCC(=O)N1. The van der Waals surface area contributed by atoms with E-state index in [0.717, 1.165) is 12.8 Å². The molecule has 0 saturated carbocycles. The van der Waals surface area contributed by atoms with E-state index in [1.807, 2.05) is 0 Å². The summed E-state index contributed by atoms with van der Waals surface area (Å²) < 4.78 is 0. The number of unbranched alkanes of at least 4 members (excludes halogenated alkanes) is 12. The van der Waals surface area contributed by atoms with Crippen LogP contribution >= 0.6 is 0 Å². The number of rotatable bonds is 14. The molecule has 0 unspecified atom stereocenters. The van der Waals surface area contributed by atoms with Gasteiger partial charge < -0.3 is 5.11 Å². The van der Waals surface area contributed by atoms with Crippen LogP contribution in [0.25, 0.3) is 0 Å². The Kier molecular flexibility index (Phi) is 16.5. The Morgan fingerprint density at radius 3 is 1.40 bits per heavy atom. The highest BCUT2D eigenvalue weighted by atomic mass is 16.4. The van der Waals surface area contributed by atoms with Crippen molar-refractivity contribution < 1.29 is 19.5 Å². The van der Waals surface area contributed by atoms with E-state index in [1.54, 1.807) is 0 Å². The molecular formula is C20H37NO4. The van der Waals surface area contributed by atoms with Crippen molar-refractivity contribution in [1.82, 2.24) is 5.32 Å². The minimum Gasteiger partial charge on any atom is -0.481 e. The van der Waals surface area contributed by atoms with Gasteiger partial charge in [0.1, 0.15) is 0 Å². The second-order valence-corrected chi connectivity index (χ2v) is 6.86. The molecule has 5 heteroatoms. The quantitative estimate of drug-likeness (QED) is 0.340. The van der Waals surface area contributed by atoms with E-state index in [0.29, 0.717) is 19.3 Å². The zero-order valence-electron chi connectivity index (χ0n) is 16.0. The van der Waals surface area contributed by atoms with E-state index in [4.69, 9.17) is 5.11 Å². The van der Waals surface area contributed by atoms with Gasteiger partial charge in [-0.2, -0.15) is 0 Å². The number of carboxylic acids is 1. The molecule has 0 spiro atoms. The summed E-state index contributed by atoms with van der Waals surface area (Å²) in [6.45, 7) is 2.26. The van der Waals surface area contributed by atoms with Crippen LogP contribution in [0.2, 0.25) is 0 Å². The average molecular weight is 356 g/mol. The maximum Gasteiger partial charge on any atom is 0.303 e. The topological polar surface area (TPSA) is 83.5 Å². The van der Waals surface area contributed by atoms with Crippen molar-refractivity contribution in [2.75, 3.05) is 0 Å². The van der Waals surface area contributed by atoms with Crippen LogP contribution in [0, 0.1) is 0 Å². The molecule has 25 heavy (non-hydrogen) atoms. The van der Waals surface area contributed by atoms with Gasteiger partial charge in [0.05, 0.1) is 0 Å². The highest BCUT2D eigenvalue weighted by Gasteiger charge is 2.15. The first-order chi connectivity index (χ1) is 12.1. The molecule has 5 nitrogen and oxygen atoms in total. The number of carboxylic acid groups (broad SMARTS) is 1. The normalized spacial score (nSPS) is 13.3. The van der Waals surface area contributed by atoms with E-state index in [-0.39, 0.29) is 11.8 Å². The molecule has 146 valence electrons. The van der Waals surface area contributed by atoms with Crippen molar-refractivity contribution in [1.29, 1.82) is 0 Å². The molecule has 1 heterocycles. The molecule has 1 aliphatic rings. The molecule has 0 radical (unpaired) electrons. The predicted molar refractivity (Wildman–Crippen MR) is 100 cm³/mol. The number of amides is 2. The number of carbonyl (C=O) groups is 3. The van der Waals surface area contributed by atoms with Crippen LogP contribution in [0.5, 0.6) is 0 Å². The zero-order valence-corrected chi connectivity index (χ0v) is 16.0. The molecule has 1 saturated heterocycles. The number of nitrogens with one attached hydrogen (secondary N) is 1. The van der Waals surface area contributed by atoms with Crippen molar-refractivity contribution in [3.05, 3.63) is 0 Å². The van der Waals surface area contributed by atoms with E-state index >= 15 is 0 Å². The lowest BCUT2D eigenvalue weighted by Crippen LogP contribution is -2.18. The molecule has 1 rings (SSSR count). The van der Waals surface area contributed by atoms with Gasteiger partial charge in [0, 0.05) is 19.3 Å². The summed E-state index contributed by atoms with van der Waals surface area (Å²) in [5.41, 5.74) is 0. The summed E-state index contributed by atoms with van der Waals surface area (Å²) in [7, 11) is 0. The molecule has 0 aromatic carbocycles. The first-order valence-electron chi connectivity index (χ1n) is 10.1. The van der Waals surface area contributed by atoms with Gasteiger partial charge in [-0.15, -0.1) is 0 Å². The van der Waals surface area contributed by atoms with E-state index in [1.165, 1.54) is 70.6 Å². The molecule has 0 aliphatic carbocycles. The third kappa shape index (κ3) is 18.8. The summed E-state index contributed by atoms with van der Waals surface area (Å²) in [4.78, 5) is 30.5. The standard InChI is InChI=1S/C16H32O2.C4H5NO2/c1-2-3-4-5-6-7-8-9-10-11-12-13-14-15-16(17)18;6-3-1-2-4(7)5-3/h2-15H2,1H3,(H,17,18);1-2H2,(H,5,6,7). The fourth-order valence-corrected chi connectivity index (χ4v) is 2.80. The highest BCUT2D eigenvalue weighted by molar-refractivity contribution is 6.01. The summed E-state index contributed by atoms with van der Waals surface area (Å²) in [5.74, 6) is -0.951. The molecule has 0 aromatic rings. The van der Waals surface area contributed by atoms with Gasteiger partial charge in [-0.3, -0.25) is 19.7 Å². The number of hydrogen-bond acceptors (Lipinski definition) is 3.